The fraction of sp³-hybridized carbons (Fsp3) is 0.250. The molecule has 1 unspecified atom stereocenters. The van der Waals surface area contributed by atoms with Crippen molar-refractivity contribution in [1.82, 2.24) is 20.3 Å². The molecular weight excluding hydrogens is 252 g/mol. The second-order valence-electron chi connectivity index (χ2n) is 3.82. The summed E-state index contributed by atoms with van der Waals surface area (Å²) in [6.07, 6.45) is 1.77. The van der Waals surface area contributed by atoms with E-state index < -0.39 is 5.38 Å². The lowest BCUT2D eigenvalue weighted by Gasteiger charge is -2.03. The molecule has 1 aromatic carbocycles. The number of rotatable bonds is 4. The fourth-order valence-electron chi connectivity index (χ4n) is 1.40. The van der Waals surface area contributed by atoms with Crippen LogP contribution in [-0.4, -0.2) is 26.3 Å². The number of carbonyl (C=O) groups excluding carboxylic acids is 1. The van der Waals surface area contributed by atoms with Gasteiger partial charge in [0.05, 0.1) is 18.4 Å². The number of hydrogen-bond acceptors (Lipinski definition) is 3. The Morgan fingerprint density at radius 2 is 2.17 bits per heavy atom. The van der Waals surface area contributed by atoms with Gasteiger partial charge in [-0.15, -0.1) is 16.7 Å². The highest BCUT2D eigenvalue weighted by molar-refractivity contribution is 6.30. The Bertz CT molecular complexity index is 524. The number of nitrogens with zero attached hydrogens (tertiary/aromatic N) is 3. The van der Waals surface area contributed by atoms with Gasteiger partial charge in [-0.25, -0.2) is 4.68 Å². The highest BCUT2D eigenvalue weighted by Gasteiger charge is 2.09. The standard InChI is InChI=1S/C12H13ClN4O/c1-9(13)12(18)14-7-10-8-17(16-15-10)11-5-3-2-4-6-11/h2-6,8-9H,7H2,1H3,(H,14,18). The molecule has 0 aliphatic carbocycles. The van der Waals surface area contributed by atoms with Crippen molar-refractivity contribution in [3.63, 3.8) is 0 Å². The fourth-order valence-corrected chi connectivity index (χ4v) is 1.48. The van der Waals surface area contributed by atoms with E-state index in [4.69, 9.17) is 11.6 Å². The van der Waals surface area contributed by atoms with Crippen molar-refractivity contribution in [2.75, 3.05) is 0 Å². The van der Waals surface area contributed by atoms with Crippen LogP contribution in [0.2, 0.25) is 0 Å². The first-order chi connectivity index (χ1) is 8.66. The lowest BCUT2D eigenvalue weighted by molar-refractivity contribution is -0.120. The van der Waals surface area contributed by atoms with Crippen molar-refractivity contribution in [2.45, 2.75) is 18.8 Å². The summed E-state index contributed by atoms with van der Waals surface area (Å²) in [5, 5.41) is 10.1. The molecule has 0 bridgehead atoms. The van der Waals surface area contributed by atoms with E-state index in [0.717, 1.165) is 5.69 Å². The van der Waals surface area contributed by atoms with E-state index in [1.165, 1.54) is 0 Å². The van der Waals surface area contributed by atoms with Gasteiger partial charge in [-0.05, 0) is 19.1 Å². The van der Waals surface area contributed by atoms with Crippen molar-refractivity contribution < 1.29 is 4.79 Å². The highest BCUT2D eigenvalue weighted by Crippen LogP contribution is 2.05. The monoisotopic (exact) mass is 264 g/mol. The summed E-state index contributed by atoms with van der Waals surface area (Å²) >= 11 is 5.64. The molecule has 1 N–H and O–H groups in total. The van der Waals surface area contributed by atoms with Crippen LogP contribution in [-0.2, 0) is 11.3 Å². The third kappa shape index (κ3) is 3.07. The topological polar surface area (TPSA) is 59.8 Å². The first-order valence-corrected chi connectivity index (χ1v) is 5.99. The van der Waals surface area contributed by atoms with E-state index in [1.807, 2.05) is 30.3 Å². The van der Waals surface area contributed by atoms with Crippen molar-refractivity contribution in [2.24, 2.45) is 0 Å². The van der Waals surface area contributed by atoms with Gasteiger partial charge >= 0.3 is 0 Å². The average molecular weight is 265 g/mol. The minimum Gasteiger partial charge on any atom is -0.349 e. The second kappa shape index (κ2) is 5.64. The molecule has 94 valence electrons. The molecule has 0 radical (unpaired) electrons. The number of amides is 1. The number of alkyl halides is 1. The number of aromatic nitrogens is 3. The first-order valence-electron chi connectivity index (χ1n) is 5.55. The Labute approximate surface area is 110 Å². The molecule has 0 fully saturated rings. The molecule has 1 heterocycles. The third-order valence-corrected chi connectivity index (χ3v) is 2.56. The van der Waals surface area contributed by atoms with Crippen LogP contribution in [0.15, 0.2) is 36.5 Å². The average Bonchev–Trinajstić information content (AvgIpc) is 2.85. The number of para-hydroxylation sites is 1. The van der Waals surface area contributed by atoms with Gasteiger partial charge in [0.2, 0.25) is 5.91 Å². The van der Waals surface area contributed by atoms with Crippen molar-refractivity contribution >= 4 is 17.5 Å². The van der Waals surface area contributed by atoms with Gasteiger partial charge in [0.25, 0.3) is 0 Å². The van der Waals surface area contributed by atoms with E-state index in [2.05, 4.69) is 15.6 Å². The molecule has 1 amide bonds. The van der Waals surface area contributed by atoms with Gasteiger partial charge in [-0.3, -0.25) is 4.79 Å². The molecule has 0 saturated heterocycles. The number of hydrogen-bond donors (Lipinski definition) is 1. The molecule has 0 aliphatic rings. The largest absolute Gasteiger partial charge is 0.349 e. The smallest absolute Gasteiger partial charge is 0.238 e. The van der Waals surface area contributed by atoms with E-state index in [1.54, 1.807) is 17.8 Å². The summed E-state index contributed by atoms with van der Waals surface area (Å²) in [5.41, 5.74) is 1.61. The molecule has 6 heteroatoms. The molecule has 1 aromatic heterocycles. The van der Waals surface area contributed by atoms with Crippen LogP contribution < -0.4 is 5.32 Å². The van der Waals surface area contributed by atoms with Crippen LogP contribution in [0.4, 0.5) is 0 Å². The maximum Gasteiger partial charge on any atom is 0.238 e. The minimum atomic E-state index is -0.547. The zero-order chi connectivity index (χ0) is 13.0. The summed E-state index contributed by atoms with van der Waals surface area (Å²) in [5.74, 6) is -0.217. The van der Waals surface area contributed by atoms with Crippen molar-refractivity contribution in [3.8, 4) is 5.69 Å². The third-order valence-electron chi connectivity index (χ3n) is 2.37. The van der Waals surface area contributed by atoms with Crippen molar-refractivity contribution in [1.29, 1.82) is 0 Å². The Hall–Kier alpha value is -1.88. The number of carbonyl (C=O) groups is 1. The Balaban J connectivity index is 2.01. The Morgan fingerprint density at radius 1 is 1.44 bits per heavy atom. The lowest BCUT2D eigenvalue weighted by atomic mass is 10.3. The zero-order valence-corrected chi connectivity index (χ0v) is 10.6. The normalized spacial score (nSPS) is 12.1. The molecule has 0 aliphatic heterocycles. The molecule has 18 heavy (non-hydrogen) atoms. The summed E-state index contributed by atoms with van der Waals surface area (Å²) < 4.78 is 1.66. The van der Waals surface area contributed by atoms with E-state index in [9.17, 15) is 4.79 Å². The van der Waals surface area contributed by atoms with Gasteiger partial charge in [-0.2, -0.15) is 0 Å². The van der Waals surface area contributed by atoms with Crippen LogP contribution in [0.3, 0.4) is 0 Å². The molecule has 0 spiro atoms. The summed E-state index contributed by atoms with van der Waals surface area (Å²) in [6, 6.07) is 9.64. The van der Waals surface area contributed by atoms with Gasteiger partial charge in [0, 0.05) is 0 Å². The highest BCUT2D eigenvalue weighted by atomic mass is 35.5. The van der Waals surface area contributed by atoms with Gasteiger partial charge < -0.3 is 5.32 Å². The van der Waals surface area contributed by atoms with Gasteiger partial charge in [0.1, 0.15) is 11.1 Å². The summed E-state index contributed by atoms with van der Waals surface area (Å²) in [6.45, 7) is 1.94. The minimum absolute atomic E-state index is 0.217. The number of halogens is 1. The van der Waals surface area contributed by atoms with E-state index >= 15 is 0 Å². The molecule has 1 atom stereocenters. The molecule has 2 aromatic rings. The second-order valence-corrected chi connectivity index (χ2v) is 4.48. The van der Waals surface area contributed by atoms with Crippen LogP contribution in [0, 0.1) is 0 Å². The van der Waals surface area contributed by atoms with E-state index in [-0.39, 0.29) is 5.91 Å². The predicted octanol–water partition coefficient (Wildman–Crippen LogP) is 1.51. The molecule has 0 saturated carbocycles. The molecular formula is C12H13ClN4O. The van der Waals surface area contributed by atoms with Gasteiger partial charge in [-0.1, -0.05) is 23.4 Å². The molecule has 2 rings (SSSR count). The van der Waals surface area contributed by atoms with Crippen LogP contribution >= 0.6 is 11.6 Å². The molecule has 5 nitrogen and oxygen atoms in total. The quantitative estimate of drug-likeness (QED) is 0.852. The van der Waals surface area contributed by atoms with Crippen LogP contribution in [0.1, 0.15) is 12.6 Å². The Morgan fingerprint density at radius 3 is 2.83 bits per heavy atom. The summed E-state index contributed by atoms with van der Waals surface area (Å²) in [4.78, 5) is 11.3. The maximum absolute atomic E-state index is 11.3. The SMILES string of the molecule is CC(Cl)C(=O)NCc1cn(-c2ccccc2)nn1. The zero-order valence-electron chi connectivity index (χ0n) is 9.88. The number of nitrogens with one attached hydrogen (secondary N) is 1. The Kier molecular flexibility index (Phi) is 3.94. The first kappa shape index (κ1) is 12.6. The van der Waals surface area contributed by atoms with Crippen LogP contribution in [0.25, 0.3) is 5.69 Å². The predicted molar refractivity (Wildman–Crippen MR) is 68.5 cm³/mol. The maximum atomic E-state index is 11.3. The van der Waals surface area contributed by atoms with Gasteiger partial charge in [0.15, 0.2) is 0 Å². The van der Waals surface area contributed by atoms with Crippen LogP contribution in [0.5, 0.6) is 0 Å². The van der Waals surface area contributed by atoms with E-state index in [0.29, 0.717) is 12.2 Å². The summed E-state index contributed by atoms with van der Waals surface area (Å²) in [7, 11) is 0. The lowest BCUT2D eigenvalue weighted by Crippen LogP contribution is -2.29. The van der Waals surface area contributed by atoms with Crippen molar-refractivity contribution in [3.05, 3.63) is 42.2 Å². The number of benzene rings is 1.